The highest BCUT2D eigenvalue weighted by atomic mass is 35.5. The maximum absolute atomic E-state index is 3.51. The predicted octanol–water partition coefficient (Wildman–Crippen LogP) is 6.17. The molecule has 4 atom stereocenters. The summed E-state index contributed by atoms with van der Waals surface area (Å²) in [5, 5.41) is 3.51. The molecule has 0 amide bonds. The first-order valence-corrected chi connectivity index (χ1v) is 11.6. The number of allylic oxidation sites excluding steroid dienone is 7. The van der Waals surface area contributed by atoms with Crippen LogP contribution >= 0.6 is 12.4 Å². The molecule has 3 heterocycles. The molecule has 1 N–H and O–H groups in total. The number of fused-ring (bicyclic) bond motifs is 5. The van der Waals surface area contributed by atoms with E-state index in [0.29, 0.717) is 12.0 Å². The molecule has 4 unspecified atom stereocenters. The van der Waals surface area contributed by atoms with Gasteiger partial charge in [-0.05, 0) is 86.8 Å². The number of halogens is 1. The Morgan fingerprint density at radius 2 is 1.93 bits per heavy atom. The average molecular weight is 409 g/mol. The summed E-state index contributed by atoms with van der Waals surface area (Å²) in [5.74, 6) is 2.32. The molecule has 0 aromatic rings. The molecule has 0 aromatic heterocycles. The first kappa shape index (κ1) is 19.3. The van der Waals surface area contributed by atoms with Crippen molar-refractivity contribution in [2.24, 2.45) is 17.8 Å². The molecule has 3 aliphatic carbocycles. The van der Waals surface area contributed by atoms with E-state index in [1.807, 2.05) is 0 Å². The molecule has 2 nitrogen and oxygen atoms in total. The molecule has 0 spiro atoms. The molecule has 3 heteroatoms. The summed E-state index contributed by atoms with van der Waals surface area (Å²) < 4.78 is 0. The minimum absolute atomic E-state index is 0. The Morgan fingerprint density at radius 3 is 2.83 bits per heavy atom. The summed E-state index contributed by atoms with van der Waals surface area (Å²) in [6.07, 6.45) is 28.8. The minimum atomic E-state index is 0. The van der Waals surface area contributed by atoms with E-state index in [0.717, 1.165) is 18.4 Å². The largest absolute Gasteiger partial charge is 0.387 e. The fourth-order valence-corrected chi connectivity index (χ4v) is 6.70. The molecule has 1 fully saturated rings. The summed E-state index contributed by atoms with van der Waals surface area (Å²) in [7, 11) is 0. The van der Waals surface area contributed by atoms with Gasteiger partial charge in [-0.1, -0.05) is 30.4 Å². The van der Waals surface area contributed by atoms with Crippen LogP contribution in [0.25, 0.3) is 0 Å². The molecule has 29 heavy (non-hydrogen) atoms. The molecule has 0 bridgehead atoms. The van der Waals surface area contributed by atoms with Crippen molar-refractivity contribution >= 4 is 12.4 Å². The lowest BCUT2D eigenvalue weighted by Crippen LogP contribution is -2.35. The third kappa shape index (κ3) is 3.15. The lowest BCUT2D eigenvalue weighted by Gasteiger charge is -2.38. The van der Waals surface area contributed by atoms with Gasteiger partial charge in [0.2, 0.25) is 0 Å². The van der Waals surface area contributed by atoms with Gasteiger partial charge in [0.15, 0.2) is 0 Å². The van der Waals surface area contributed by atoms with Crippen molar-refractivity contribution in [2.45, 2.75) is 63.8 Å². The van der Waals surface area contributed by atoms with Gasteiger partial charge >= 0.3 is 0 Å². The molecule has 0 aromatic carbocycles. The zero-order valence-corrected chi connectivity index (χ0v) is 18.1. The number of hydrogen-bond acceptors (Lipinski definition) is 2. The Kier molecular flexibility index (Phi) is 5.24. The van der Waals surface area contributed by atoms with Crippen LogP contribution in [-0.4, -0.2) is 17.5 Å². The first-order valence-electron chi connectivity index (χ1n) is 11.6. The molecule has 6 rings (SSSR count). The Labute approximate surface area is 181 Å². The van der Waals surface area contributed by atoms with Crippen LogP contribution in [0.15, 0.2) is 70.8 Å². The third-order valence-corrected chi connectivity index (χ3v) is 7.98. The lowest BCUT2D eigenvalue weighted by atomic mass is 9.72. The van der Waals surface area contributed by atoms with Gasteiger partial charge in [-0.3, -0.25) is 0 Å². The van der Waals surface area contributed by atoms with Crippen molar-refractivity contribution < 1.29 is 0 Å². The third-order valence-electron chi connectivity index (χ3n) is 7.98. The molecule has 154 valence electrons. The molecule has 6 aliphatic rings. The van der Waals surface area contributed by atoms with Crippen LogP contribution in [0.5, 0.6) is 0 Å². The van der Waals surface area contributed by atoms with E-state index in [2.05, 4.69) is 52.9 Å². The molecule has 0 radical (unpaired) electrons. The van der Waals surface area contributed by atoms with Gasteiger partial charge in [0.1, 0.15) is 0 Å². The first-order chi connectivity index (χ1) is 13.9. The zero-order chi connectivity index (χ0) is 18.5. The summed E-state index contributed by atoms with van der Waals surface area (Å²) in [6.45, 7) is 0.976. The van der Waals surface area contributed by atoms with E-state index in [9.17, 15) is 0 Å². The van der Waals surface area contributed by atoms with Gasteiger partial charge in [0, 0.05) is 35.6 Å². The van der Waals surface area contributed by atoms with Crippen LogP contribution < -0.4 is 5.32 Å². The number of nitrogens with zero attached hydrogens (tertiary/aromatic N) is 1. The second kappa shape index (κ2) is 7.87. The quantitative estimate of drug-likeness (QED) is 0.549. The highest BCUT2D eigenvalue weighted by Crippen LogP contribution is 2.55. The van der Waals surface area contributed by atoms with Crippen LogP contribution in [0, 0.1) is 17.8 Å². The van der Waals surface area contributed by atoms with Crippen LogP contribution in [0.1, 0.15) is 57.8 Å². The van der Waals surface area contributed by atoms with Crippen molar-refractivity contribution in [1.82, 2.24) is 10.2 Å². The van der Waals surface area contributed by atoms with Crippen molar-refractivity contribution in [3.63, 3.8) is 0 Å². The predicted molar refractivity (Wildman–Crippen MR) is 122 cm³/mol. The molecule has 3 aliphatic heterocycles. The molecule has 1 saturated heterocycles. The van der Waals surface area contributed by atoms with Crippen LogP contribution in [0.2, 0.25) is 0 Å². The van der Waals surface area contributed by atoms with Crippen molar-refractivity contribution in [2.75, 3.05) is 6.54 Å². The Hall–Kier alpha value is -1.67. The second-order valence-corrected chi connectivity index (χ2v) is 9.49. The van der Waals surface area contributed by atoms with Crippen molar-refractivity contribution in [3.8, 4) is 0 Å². The number of nitrogens with one attached hydrogen (secondary N) is 1. The van der Waals surface area contributed by atoms with E-state index in [1.54, 1.807) is 22.4 Å². The second-order valence-electron chi connectivity index (χ2n) is 9.49. The van der Waals surface area contributed by atoms with Gasteiger partial charge < -0.3 is 10.2 Å². The van der Waals surface area contributed by atoms with Crippen LogP contribution in [0.3, 0.4) is 0 Å². The SMILES string of the molecule is C1=CCC(CC2CCC3C4=CNCC=C4N4C3=C2CC=C2C=CCCC24)CC1.Cl. The molecule has 0 saturated carbocycles. The van der Waals surface area contributed by atoms with Crippen molar-refractivity contribution in [3.05, 3.63) is 70.8 Å². The highest BCUT2D eigenvalue weighted by molar-refractivity contribution is 5.85. The van der Waals surface area contributed by atoms with E-state index in [-0.39, 0.29) is 12.4 Å². The van der Waals surface area contributed by atoms with Crippen LogP contribution in [0.4, 0.5) is 0 Å². The Balaban J connectivity index is 0.00000181. The van der Waals surface area contributed by atoms with E-state index in [4.69, 9.17) is 0 Å². The number of rotatable bonds is 2. The topological polar surface area (TPSA) is 15.3 Å². The van der Waals surface area contributed by atoms with Gasteiger partial charge in [0.25, 0.3) is 0 Å². The minimum Gasteiger partial charge on any atom is -0.387 e. The average Bonchev–Trinajstić information content (AvgIpc) is 2.97. The van der Waals surface area contributed by atoms with Gasteiger partial charge in [-0.15, -0.1) is 12.4 Å². The Morgan fingerprint density at radius 1 is 1.00 bits per heavy atom. The maximum atomic E-state index is 3.51. The standard InChI is InChI=1S/C26H32N2.ClH/c1-2-6-18(7-3-1)16-20-11-13-22-23-17-27-15-14-25(23)28-24-9-5-4-8-19(24)10-12-21(20)26(22)28;/h1-2,4,8,10,14,17-18,20,22,24,27H,3,5-7,9,11-13,15-16H2;1H. The summed E-state index contributed by atoms with van der Waals surface area (Å²) in [5.41, 5.74) is 8.19. The molecular formula is C26H33ClN2. The fourth-order valence-electron chi connectivity index (χ4n) is 6.70. The number of dihydropyridines is 1. The van der Waals surface area contributed by atoms with Crippen LogP contribution in [-0.2, 0) is 0 Å². The summed E-state index contributed by atoms with van der Waals surface area (Å²) in [4.78, 5) is 2.81. The molecular weight excluding hydrogens is 376 g/mol. The fraction of sp³-hybridized carbons (Fsp3) is 0.538. The Bertz CT molecular complexity index is 856. The summed E-state index contributed by atoms with van der Waals surface area (Å²) >= 11 is 0. The highest BCUT2D eigenvalue weighted by Gasteiger charge is 2.47. The lowest BCUT2D eigenvalue weighted by molar-refractivity contribution is 0.294. The van der Waals surface area contributed by atoms with Gasteiger partial charge in [-0.25, -0.2) is 0 Å². The summed E-state index contributed by atoms with van der Waals surface area (Å²) in [6, 6.07) is 0.562. The van der Waals surface area contributed by atoms with Gasteiger partial charge in [-0.2, -0.15) is 0 Å². The monoisotopic (exact) mass is 408 g/mol. The van der Waals surface area contributed by atoms with Crippen molar-refractivity contribution in [1.29, 1.82) is 0 Å². The van der Waals surface area contributed by atoms with E-state index >= 15 is 0 Å². The van der Waals surface area contributed by atoms with E-state index < -0.39 is 0 Å². The van der Waals surface area contributed by atoms with Gasteiger partial charge in [0.05, 0.1) is 6.04 Å². The van der Waals surface area contributed by atoms with E-state index in [1.165, 1.54) is 63.5 Å². The maximum Gasteiger partial charge on any atom is 0.0588 e. The smallest absolute Gasteiger partial charge is 0.0588 e. The normalized spacial score (nSPS) is 34.6. The zero-order valence-electron chi connectivity index (χ0n) is 17.3. The number of hydrogen-bond donors (Lipinski definition) is 1.